The lowest BCUT2D eigenvalue weighted by Crippen LogP contribution is -2.10. The summed E-state index contributed by atoms with van der Waals surface area (Å²) in [7, 11) is 0. The first kappa shape index (κ1) is 9.35. The fourth-order valence-corrected chi connectivity index (χ4v) is 0.354. The van der Waals surface area contributed by atoms with Gasteiger partial charge >= 0.3 is 11.9 Å². The maximum Gasteiger partial charge on any atom is 0.372 e. The highest BCUT2D eigenvalue weighted by Crippen LogP contribution is 1.85. The number of carbonyl (C=O) groups is 3. The van der Waals surface area contributed by atoms with Gasteiger partial charge in [-0.05, 0) is 0 Å². The summed E-state index contributed by atoms with van der Waals surface area (Å²) in [5.74, 6) is -3.79. The Hall–Kier alpha value is -1.65. The smallest absolute Gasteiger partial charge is 0.372 e. The lowest BCUT2D eigenvalue weighted by Gasteiger charge is -1.84. The van der Waals surface area contributed by atoms with E-state index in [0.29, 0.717) is 0 Å². The molecule has 11 heavy (non-hydrogen) atoms. The molecule has 60 valence electrons. The predicted octanol–water partition coefficient (Wildman–Crippen LogP) is -0.329. The number of hydrogen-bond donors (Lipinski definition) is 2. The molecule has 0 unspecified atom stereocenters. The summed E-state index contributed by atoms with van der Waals surface area (Å²) in [6, 6.07) is 0. The Morgan fingerprint density at radius 2 is 1.73 bits per heavy atom. The van der Waals surface area contributed by atoms with Crippen molar-refractivity contribution >= 4 is 17.7 Å². The largest absolute Gasteiger partial charge is 0.478 e. The molecular weight excluding hydrogens is 152 g/mol. The minimum atomic E-state index is -1.56. The van der Waals surface area contributed by atoms with Crippen molar-refractivity contribution in [1.82, 2.24) is 0 Å². The highest BCUT2D eigenvalue weighted by molar-refractivity contribution is 6.33. The van der Waals surface area contributed by atoms with Gasteiger partial charge in [-0.15, -0.1) is 0 Å². The summed E-state index contributed by atoms with van der Waals surface area (Å²) in [4.78, 5) is 29.9. The topological polar surface area (TPSA) is 91.7 Å². The van der Waals surface area contributed by atoms with Crippen LogP contribution in [0, 0.1) is 0 Å². The first-order chi connectivity index (χ1) is 5.04. The van der Waals surface area contributed by atoms with Gasteiger partial charge in [0.2, 0.25) is 5.78 Å². The van der Waals surface area contributed by atoms with Crippen LogP contribution in [0.2, 0.25) is 0 Å². The number of carbonyl (C=O) groups excluding carboxylic acids is 1. The van der Waals surface area contributed by atoms with Crippen molar-refractivity contribution < 1.29 is 24.6 Å². The third-order valence-electron chi connectivity index (χ3n) is 0.802. The van der Waals surface area contributed by atoms with E-state index in [4.69, 9.17) is 10.2 Å². The van der Waals surface area contributed by atoms with E-state index < -0.39 is 17.7 Å². The highest BCUT2D eigenvalue weighted by Gasteiger charge is 2.07. The molecule has 5 heteroatoms. The highest BCUT2D eigenvalue weighted by atomic mass is 16.4. The van der Waals surface area contributed by atoms with Crippen molar-refractivity contribution in [3.8, 4) is 0 Å². The number of allylic oxidation sites excluding steroid dienone is 1. The molecule has 0 aromatic heterocycles. The van der Waals surface area contributed by atoms with Crippen LogP contribution in [0.3, 0.4) is 0 Å². The van der Waals surface area contributed by atoms with Crippen molar-refractivity contribution in [3.63, 3.8) is 0 Å². The molecule has 0 aromatic carbocycles. The first-order valence-corrected chi connectivity index (χ1v) is 2.69. The zero-order chi connectivity index (χ0) is 8.85. The zero-order valence-corrected chi connectivity index (χ0v) is 5.48. The van der Waals surface area contributed by atoms with Gasteiger partial charge in [-0.25, -0.2) is 9.59 Å². The van der Waals surface area contributed by atoms with Gasteiger partial charge in [0.05, 0.1) is 0 Å². The molecule has 0 aliphatic heterocycles. The first-order valence-electron chi connectivity index (χ1n) is 2.69. The van der Waals surface area contributed by atoms with E-state index in [1.165, 1.54) is 0 Å². The predicted molar refractivity (Wildman–Crippen MR) is 34.0 cm³/mol. The molecular formula is C6H6O5. The number of carboxylic acid groups (broad SMARTS) is 2. The van der Waals surface area contributed by atoms with E-state index in [1.807, 2.05) is 0 Å². The lowest BCUT2D eigenvalue weighted by atomic mass is 10.3. The normalized spacial score (nSPS) is 9.82. The van der Waals surface area contributed by atoms with Gasteiger partial charge in [0.15, 0.2) is 0 Å². The molecule has 0 rings (SSSR count). The van der Waals surface area contributed by atoms with Crippen LogP contribution in [-0.4, -0.2) is 27.9 Å². The Morgan fingerprint density at radius 1 is 1.18 bits per heavy atom. The second kappa shape index (κ2) is 4.21. The summed E-state index contributed by atoms with van der Waals surface area (Å²) in [6.07, 6.45) is 1.32. The van der Waals surface area contributed by atoms with Gasteiger partial charge in [0, 0.05) is 12.5 Å². The number of carboxylic acids is 2. The van der Waals surface area contributed by atoms with Gasteiger partial charge in [0.1, 0.15) is 0 Å². The molecule has 0 fully saturated rings. The average molecular weight is 158 g/mol. The Kier molecular flexibility index (Phi) is 3.58. The molecule has 0 aromatic rings. The van der Waals surface area contributed by atoms with Crippen LogP contribution in [0.25, 0.3) is 0 Å². The molecule has 0 amide bonds. The van der Waals surface area contributed by atoms with Crippen molar-refractivity contribution in [3.05, 3.63) is 12.2 Å². The molecule has 0 aliphatic rings. The van der Waals surface area contributed by atoms with E-state index >= 15 is 0 Å². The fraction of sp³-hybridized carbons (Fsp3) is 0.167. The number of hydrogen-bond acceptors (Lipinski definition) is 3. The van der Waals surface area contributed by atoms with Crippen molar-refractivity contribution in [2.45, 2.75) is 6.42 Å². The molecule has 0 saturated carbocycles. The standard InChI is InChI=1S/C6H6O5/c7-4(6(10)11)2-1-3-5(8)9/h1,3H,2H2,(H,8,9)(H,10,11)/b3-1-. The Bertz CT molecular complexity index is 215. The van der Waals surface area contributed by atoms with E-state index in [1.54, 1.807) is 0 Å². The van der Waals surface area contributed by atoms with E-state index in [9.17, 15) is 14.4 Å². The van der Waals surface area contributed by atoms with Gasteiger partial charge in [0.25, 0.3) is 0 Å². The van der Waals surface area contributed by atoms with Gasteiger partial charge < -0.3 is 10.2 Å². The zero-order valence-electron chi connectivity index (χ0n) is 5.48. The van der Waals surface area contributed by atoms with Gasteiger partial charge in [-0.1, -0.05) is 6.08 Å². The maximum atomic E-state index is 10.3. The van der Waals surface area contributed by atoms with Crippen molar-refractivity contribution in [2.24, 2.45) is 0 Å². The molecule has 0 aliphatic carbocycles. The van der Waals surface area contributed by atoms with Crippen LogP contribution < -0.4 is 0 Å². The van der Waals surface area contributed by atoms with Gasteiger partial charge in [-0.2, -0.15) is 0 Å². The Balaban J connectivity index is 3.80. The van der Waals surface area contributed by atoms with E-state index in [-0.39, 0.29) is 6.42 Å². The van der Waals surface area contributed by atoms with Gasteiger partial charge in [-0.3, -0.25) is 4.79 Å². The minimum Gasteiger partial charge on any atom is -0.478 e. The minimum absolute atomic E-state index is 0.387. The van der Waals surface area contributed by atoms with Crippen LogP contribution in [0.4, 0.5) is 0 Å². The maximum absolute atomic E-state index is 10.3. The molecule has 0 spiro atoms. The van der Waals surface area contributed by atoms with Crippen LogP contribution >= 0.6 is 0 Å². The van der Waals surface area contributed by atoms with E-state index in [2.05, 4.69) is 0 Å². The number of Topliss-reactive ketones (excluding diaryl/α,β-unsaturated/α-hetero) is 1. The molecule has 0 heterocycles. The second-order valence-electron chi connectivity index (χ2n) is 1.67. The number of ketones is 1. The summed E-state index contributed by atoms with van der Waals surface area (Å²) in [5, 5.41) is 16.0. The molecule has 5 nitrogen and oxygen atoms in total. The van der Waals surface area contributed by atoms with Crippen molar-refractivity contribution in [1.29, 1.82) is 0 Å². The molecule has 2 N–H and O–H groups in total. The number of rotatable bonds is 4. The Labute approximate surface area is 61.9 Å². The molecule has 0 bridgehead atoms. The van der Waals surface area contributed by atoms with Crippen LogP contribution in [0.5, 0.6) is 0 Å². The summed E-state index contributed by atoms with van der Waals surface area (Å²) >= 11 is 0. The summed E-state index contributed by atoms with van der Waals surface area (Å²) < 4.78 is 0. The Morgan fingerprint density at radius 3 is 2.09 bits per heavy atom. The van der Waals surface area contributed by atoms with Crippen LogP contribution in [0.1, 0.15) is 6.42 Å². The SMILES string of the molecule is O=C(O)/C=C\CC(=O)C(=O)O. The van der Waals surface area contributed by atoms with E-state index in [0.717, 1.165) is 12.2 Å². The quantitative estimate of drug-likeness (QED) is 0.431. The number of aliphatic carboxylic acids is 2. The second-order valence-corrected chi connectivity index (χ2v) is 1.67. The summed E-state index contributed by atoms with van der Waals surface area (Å²) in [6.45, 7) is 0. The average Bonchev–Trinajstić information content (AvgIpc) is 1.86. The van der Waals surface area contributed by atoms with Crippen LogP contribution in [-0.2, 0) is 14.4 Å². The van der Waals surface area contributed by atoms with Crippen LogP contribution in [0.15, 0.2) is 12.2 Å². The fourth-order valence-electron chi connectivity index (χ4n) is 0.354. The third-order valence-corrected chi connectivity index (χ3v) is 0.802. The lowest BCUT2D eigenvalue weighted by molar-refractivity contribution is -0.148. The molecule has 0 saturated heterocycles. The molecule has 0 atom stereocenters. The summed E-state index contributed by atoms with van der Waals surface area (Å²) in [5.41, 5.74) is 0. The third kappa shape index (κ3) is 4.83. The van der Waals surface area contributed by atoms with Crippen molar-refractivity contribution in [2.75, 3.05) is 0 Å². The molecule has 0 radical (unpaired) electrons. The monoisotopic (exact) mass is 158 g/mol.